The zero-order valence-electron chi connectivity index (χ0n) is 17.5. The fourth-order valence-corrected chi connectivity index (χ4v) is 5.40. The quantitative estimate of drug-likeness (QED) is 0.507. The van der Waals surface area contributed by atoms with E-state index < -0.39 is 14.9 Å². The van der Waals surface area contributed by atoms with Crippen LogP contribution in [0, 0.1) is 17.0 Å². The van der Waals surface area contributed by atoms with Gasteiger partial charge in [0.15, 0.2) is 0 Å². The molecule has 0 saturated carbocycles. The summed E-state index contributed by atoms with van der Waals surface area (Å²) in [6.45, 7) is 5.51. The van der Waals surface area contributed by atoms with Crippen molar-refractivity contribution < 1.29 is 13.3 Å². The van der Waals surface area contributed by atoms with Crippen LogP contribution in [0.4, 0.5) is 17.5 Å². The van der Waals surface area contributed by atoms with E-state index in [1.54, 1.807) is 0 Å². The van der Waals surface area contributed by atoms with Crippen LogP contribution in [0.25, 0.3) is 0 Å². The molecule has 2 fully saturated rings. The van der Waals surface area contributed by atoms with Crippen molar-refractivity contribution in [1.29, 1.82) is 0 Å². The van der Waals surface area contributed by atoms with Crippen LogP contribution in [0.3, 0.4) is 0 Å². The van der Waals surface area contributed by atoms with Crippen LogP contribution in [0.15, 0.2) is 35.2 Å². The van der Waals surface area contributed by atoms with Crippen molar-refractivity contribution in [2.75, 3.05) is 49.1 Å². The largest absolute Gasteiger partial charge is 0.356 e. The van der Waals surface area contributed by atoms with Gasteiger partial charge in [0.05, 0.1) is 9.82 Å². The number of nitro benzene ring substituents is 1. The molecular formula is C20H26N6O4S. The van der Waals surface area contributed by atoms with Gasteiger partial charge in [-0.3, -0.25) is 10.1 Å². The first kappa shape index (κ1) is 21.4. The number of anilines is 2. The third-order valence-electron chi connectivity index (χ3n) is 5.72. The first-order valence-electron chi connectivity index (χ1n) is 10.4. The number of sulfonamides is 1. The summed E-state index contributed by atoms with van der Waals surface area (Å²) in [7, 11) is -3.71. The van der Waals surface area contributed by atoms with Crippen LogP contribution in [-0.4, -0.2) is 66.9 Å². The van der Waals surface area contributed by atoms with Crippen molar-refractivity contribution in [3.63, 3.8) is 0 Å². The van der Waals surface area contributed by atoms with Crippen LogP contribution in [0.1, 0.15) is 25.0 Å². The van der Waals surface area contributed by atoms with Gasteiger partial charge in [0.25, 0.3) is 5.69 Å². The lowest BCUT2D eigenvalue weighted by molar-refractivity contribution is -0.384. The molecule has 0 aliphatic carbocycles. The summed E-state index contributed by atoms with van der Waals surface area (Å²) in [5.41, 5.74) is 0.761. The molecule has 2 aliphatic rings. The highest BCUT2D eigenvalue weighted by Crippen LogP contribution is 2.24. The summed E-state index contributed by atoms with van der Waals surface area (Å²) in [4.78, 5) is 24.0. The van der Waals surface area contributed by atoms with E-state index in [0.29, 0.717) is 32.1 Å². The van der Waals surface area contributed by atoms with E-state index in [2.05, 4.69) is 9.88 Å². The molecule has 0 radical (unpaired) electrons. The summed E-state index contributed by atoms with van der Waals surface area (Å²) < 4.78 is 27.3. The Labute approximate surface area is 181 Å². The van der Waals surface area contributed by atoms with Crippen molar-refractivity contribution in [2.45, 2.75) is 31.1 Å². The number of aryl methyl sites for hydroxylation is 1. The van der Waals surface area contributed by atoms with E-state index in [1.165, 1.54) is 35.0 Å². The Morgan fingerprint density at radius 1 is 0.903 bits per heavy atom. The van der Waals surface area contributed by atoms with E-state index in [1.807, 2.05) is 17.9 Å². The van der Waals surface area contributed by atoms with Crippen LogP contribution in [0.2, 0.25) is 0 Å². The number of nitro groups is 1. The van der Waals surface area contributed by atoms with E-state index >= 15 is 0 Å². The van der Waals surface area contributed by atoms with E-state index in [-0.39, 0.29) is 10.6 Å². The fraction of sp³-hybridized carbons (Fsp3) is 0.500. The Bertz CT molecular complexity index is 1050. The molecule has 10 nitrogen and oxygen atoms in total. The lowest BCUT2D eigenvalue weighted by Crippen LogP contribution is -2.49. The van der Waals surface area contributed by atoms with Crippen molar-refractivity contribution in [2.24, 2.45) is 0 Å². The minimum Gasteiger partial charge on any atom is -0.356 e. The van der Waals surface area contributed by atoms with Crippen molar-refractivity contribution in [1.82, 2.24) is 14.3 Å². The first-order chi connectivity index (χ1) is 14.8. The number of rotatable bonds is 5. The van der Waals surface area contributed by atoms with Gasteiger partial charge in [0.2, 0.25) is 16.0 Å². The van der Waals surface area contributed by atoms with Gasteiger partial charge in [0, 0.05) is 63.2 Å². The zero-order chi connectivity index (χ0) is 22.0. The summed E-state index contributed by atoms with van der Waals surface area (Å²) in [6.07, 6.45) is 3.58. The molecule has 0 N–H and O–H groups in total. The van der Waals surface area contributed by atoms with Crippen molar-refractivity contribution in [3.8, 4) is 0 Å². The Hall–Kier alpha value is -2.79. The van der Waals surface area contributed by atoms with Crippen LogP contribution in [0.5, 0.6) is 0 Å². The van der Waals surface area contributed by atoms with Gasteiger partial charge < -0.3 is 9.80 Å². The van der Waals surface area contributed by atoms with Gasteiger partial charge in [-0.2, -0.15) is 9.29 Å². The second-order valence-electron chi connectivity index (χ2n) is 7.86. The highest BCUT2D eigenvalue weighted by atomic mass is 32.2. The van der Waals surface area contributed by atoms with E-state index in [4.69, 9.17) is 4.98 Å². The lowest BCUT2D eigenvalue weighted by atomic mass is 10.1. The van der Waals surface area contributed by atoms with Gasteiger partial charge in [0.1, 0.15) is 5.82 Å². The molecule has 2 aliphatic heterocycles. The average molecular weight is 447 g/mol. The molecular weight excluding hydrogens is 420 g/mol. The highest BCUT2D eigenvalue weighted by molar-refractivity contribution is 7.89. The molecule has 0 bridgehead atoms. The van der Waals surface area contributed by atoms with Crippen LogP contribution < -0.4 is 9.80 Å². The van der Waals surface area contributed by atoms with Crippen LogP contribution in [-0.2, 0) is 10.0 Å². The maximum absolute atomic E-state index is 12.9. The maximum atomic E-state index is 12.9. The molecule has 1 aromatic carbocycles. The van der Waals surface area contributed by atoms with Crippen LogP contribution >= 0.6 is 0 Å². The predicted molar refractivity (Wildman–Crippen MR) is 117 cm³/mol. The average Bonchev–Trinajstić information content (AvgIpc) is 2.79. The number of benzene rings is 1. The smallest absolute Gasteiger partial charge is 0.269 e. The molecule has 3 heterocycles. The Kier molecular flexibility index (Phi) is 6.05. The Morgan fingerprint density at radius 2 is 1.55 bits per heavy atom. The SMILES string of the molecule is Cc1cc(N2CCCCC2)nc(N2CCN(S(=O)(=O)c3ccc([N+](=O)[O-])cc3)CC2)n1. The van der Waals surface area contributed by atoms with Gasteiger partial charge >= 0.3 is 0 Å². The third-order valence-corrected chi connectivity index (χ3v) is 7.63. The Balaban J connectivity index is 1.46. The fourth-order valence-electron chi connectivity index (χ4n) is 3.98. The second kappa shape index (κ2) is 8.75. The standard InChI is InChI=1S/C20H26N6O4S/c1-16-15-19(23-9-3-2-4-10-23)22-20(21-16)24-11-13-25(14-12-24)31(29,30)18-7-5-17(6-8-18)26(27)28/h5-8,15H,2-4,9-14H2,1H3. The number of aromatic nitrogens is 2. The lowest BCUT2D eigenvalue weighted by Gasteiger charge is -2.35. The number of nitrogens with zero attached hydrogens (tertiary/aromatic N) is 6. The maximum Gasteiger partial charge on any atom is 0.269 e. The predicted octanol–water partition coefficient (Wildman–Crippen LogP) is 2.19. The van der Waals surface area contributed by atoms with Gasteiger partial charge in [-0.05, 0) is 38.3 Å². The molecule has 1 aromatic heterocycles. The molecule has 31 heavy (non-hydrogen) atoms. The topological polar surface area (TPSA) is 113 Å². The molecule has 4 rings (SSSR count). The molecule has 11 heteroatoms. The van der Waals surface area contributed by atoms with Gasteiger partial charge in [-0.1, -0.05) is 0 Å². The molecule has 2 saturated heterocycles. The summed E-state index contributed by atoms with van der Waals surface area (Å²) in [6, 6.07) is 7.00. The molecule has 166 valence electrons. The molecule has 0 spiro atoms. The van der Waals surface area contributed by atoms with E-state index in [9.17, 15) is 18.5 Å². The molecule has 0 amide bonds. The second-order valence-corrected chi connectivity index (χ2v) is 9.80. The summed E-state index contributed by atoms with van der Waals surface area (Å²) in [5.74, 6) is 1.57. The molecule has 0 atom stereocenters. The zero-order valence-corrected chi connectivity index (χ0v) is 18.3. The number of piperazine rings is 1. The number of non-ortho nitro benzene ring substituents is 1. The summed E-state index contributed by atoms with van der Waals surface area (Å²) in [5, 5.41) is 10.8. The minimum atomic E-state index is -3.71. The third kappa shape index (κ3) is 4.62. The number of hydrogen-bond acceptors (Lipinski definition) is 8. The molecule has 2 aromatic rings. The monoisotopic (exact) mass is 446 g/mol. The van der Waals surface area contributed by atoms with Gasteiger partial charge in [-0.25, -0.2) is 13.4 Å². The molecule has 0 unspecified atom stereocenters. The summed E-state index contributed by atoms with van der Waals surface area (Å²) >= 11 is 0. The van der Waals surface area contributed by atoms with Gasteiger partial charge in [-0.15, -0.1) is 0 Å². The van der Waals surface area contributed by atoms with Crippen molar-refractivity contribution in [3.05, 3.63) is 46.1 Å². The van der Waals surface area contributed by atoms with Crippen molar-refractivity contribution >= 4 is 27.5 Å². The first-order valence-corrected chi connectivity index (χ1v) is 11.9. The highest BCUT2D eigenvalue weighted by Gasteiger charge is 2.30. The van der Waals surface area contributed by atoms with E-state index in [0.717, 1.165) is 37.4 Å². The Morgan fingerprint density at radius 3 is 2.16 bits per heavy atom. The number of hydrogen-bond donors (Lipinski definition) is 0. The number of piperidine rings is 1. The minimum absolute atomic E-state index is 0.0609. The normalized spacial score (nSPS) is 18.2.